The van der Waals surface area contributed by atoms with Crippen molar-refractivity contribution in [1.82, 2.24) is 4.90 Å². The summed E-state index contributed by atoms with van der Waals surface area (Å²) in [6, 6.07) is 7.78. The number of ether oxygens (including phenoxy) is 1. The highest BCUT2D eigenvalue weighted by atomic mass is 16.5. The number of hydrogen-bond donors (Lipinski definition) is 0. The number of amides is 1. The van der Waals surface area contributed by atoms with Crippen LogP contribution in [0.15, 0.2) is 24.3 Å². The van der Waals surface area contributed by atoms with Gasteiger partial charge in [-0.05, 0) is 43.5 Å². The second-order valence-corrected chi connectivity index (χ2v) is 4.43. The third-order valence-electron chi connectivity index (χ3n) is 3.45. The third kappa shape index (κ3) is 2.43. The zero-order valence-electron chi connectivity index (χ0n) is 10.5. The van der Waals surface area contributed by atoms with E-state index in [1.165, 1.54) is 0 Å². The number of benzene rings is 1. The molecule has 1 amide bonds. The van der Waals surface area contributed by atoms with Crippen LogP contribution in [0.2, 0.25) is 0 Å². The molecule has 1 aliphatic heterocycles. The molecule has 1 aromatic carbocycles. The van der Waals surface area contributed by atoms with Gasteiger partial charge in [0.15, 0.2) is 0 Å². The summed E-state index contributed by atoms with van der Waals surface area (Å²) < 4.78 is 5.09. The maximum atomic E-state index is 12.3. The molecule has 2 rings (SSSR count). The Labute approximate surface area is 102 Å². The van der Waals surface area contributed by atoms with Gasteiger partial charge in [-0.2, -0.15) is 0 Å². The van der Waals surface area contributed by atoms with Gasteiger partial charge in [-0.1, -0.05) is 6.92 Å². The van der Waals surface area contributed by atoms with Crippen LogP contribution >= 0.6 is 0 Å². The summed E-state index contributed by atoms with van der Waals surface area (Å²) in [5.41, 5.74) is 0.756. The van der Waals surface area contributed by atoms with Crippen LogP contribution < -0.4 is 4.74 Å². The lowest BCUT2D eigenvalue weighted by Gasteiger charge is -2.23. The van der Waals surface area contributed by atoms with E-state index in [0.717, 1.165) is 37.1 Å². The van der Waals surface area contributed by atoms with Gasteiger partial charge in [0.1, 0.15) is 5.75 Å². The normalized spacial score (nSPS) is 19.4. The first-order valence-electron chi connectivity index (χ1n) is 6.21. The first kappa shape index (κ1) is 12.0. The van der Waals surface area contributed by atoms with Crippen LogP contribution in [-0.4, -0.2) is 30.5 Å². The summed E-state index contributed by atoms with van der Waals surface area (Å²) in [5, 5.41) is 0. The van der Waals surface area contributed by atoms with Crippen molar-refractivity contribution in [2.24, 2.45) is 0 Å². The van der Waals surface area contributed by atoms with Crippen LogP contribution in [0.25, 0.3) is 0 Å². The highest BCUT2D eigenvalue weighted by Gasteiger charge is 2.27. The van der Waals surface area contributed by atoms with E-state index in [0.29, 0.717) is 6.04 Å². The third-order valence-corrected chi connectivity index (χ3v) is 3.45. The molecular formula is C14H19NO2. The number of carbonyl (C=O) groups excluding carboxylic acids is 1. The Kier molecular flexibility index (Phi) is 3.67. The van der Waals surface area contributed by atoms with Gasteiger partial charge in [0.05, 0.1) is 7.11 Å². The van der Waals surface area contributed by atoms with E-state index in [2.05, 4.69) is 6.92 Å². The molecule has 1 heterocycles. The molecule has 3 nitrogen and oxygen atoms in total. The van der Waals surface area contributed by atoms with E-state index in [-0.39, 0.29) is 5.91 Å². The predicted molar refractivity (Wildman–Crippen MR) is 67.3 cm³/mol. The molecule has 3 heteroatoms. The summed E-state index contributed by atoms with van der Waals surface area (Å²) >= 11 is 0. The molecule has 1 unspecified atom stereocenters. The van der Waals surface area contributed by atoms with Crippen LogP contribution in [0.5, 0.6) is 5.75 Å². The van der Waals surface area contributed by atoms with Gasteiger partial charge in [0.2, 0.25) is 0 Å². The summed E-state index contributed by atoms with van der Waals surface area (Å²) in [6.07, 6.45) is 3.31. The van der Waals surface area contributed by atoms with Crippen molar-refractivity contribution in [3.63, 3.8) is 0 Å². The van der Waals surface area contributed by atoms with Crippen LogP contribution in [0.3, 0.4) is 0 Å². The number of likely N-dealkylation sites (tertiary alicyclic amines) is 1. The number of carbonyl (C=O) groups is 1. The van der Waals surface area contributed by atoms with Crippen LogP contribution in [-0.2, 0) is 0 Å². The van der Waals surface area contributed by atoms with Crippen molar-refractivity contribution >= 4 is 5.91 Å². The topological polar surface area (TPSA) is 29.5 Å². The molecule has 0 N–H and O–H groups in total. The molecule has 0 bridgehead atoms. The molecule has 17 heavy (non-hydrogen) atoms. The molecular weight excluding hydrogens is 214 g/mol. The van der Waals surface area contributed by atoms with Gasteiger partial charge in [0.25, 0.3) is 5.91 Å². The van der Waals surface area contributed by atoms with Crippen molar-refractivity contribution < 1.29 is 9.53 Å². The lowest BCUT2D eigenvalue weighted by atomic mass is 10.1. The monoisotopic (exact) mass is 233 g/mol. The smallest absolute Gasteiger partial charge is 0.254 e. The Hall–Kier alpha value is -1.51. The molecule has 1 atom stereocenters. The van der Waals surface area contributed by atoms with E-state index < -0.39 is 0 Å². The highest BCUT2D eigenvalue weighted by molar-refractivity contribution is 5.94. The number of nitrogens with zero attached hydrogens (tertiary/aromatic N) is 1. The molecule has 0 aliphatic carbocycles. The minimum absolute atomic E-state index is 0.150. The van der Waals surface area contributed by atoms with Crippen molar-refractivity contribution in [1.29, 1.82) is 0 Å². The van der Waals surface area contributed by atoms with E-state index in [9.17, 15) is 4.79 Å². The fraction of sp³-hybridized carbons (Fsp3) is 0.500. The largest absolute Gasteiger partial charge is 0.497 e. The molecule has 1 aliphatic rings. The molecule has 0 spiro atoms. The van der Waals surface area contributed by atoms with Gasteiger partial charge >= 0.3 is 0 Å². The standard InChI is InChI=1S/C14H19NO2/c1-3-12-5-4-10-15(12)14(16)11-6-8-13(17-2)9-7-11/h6-9,12H,3-5,10H2,1-2H3. The summed E-state index contributed by atoms with van der Waals surface area (Å²) in [7, 11) is 1.63. The predicted octanol–water partition coefficient (Wildman–Crippen LogP) is 2.71. The molecule has 0 aromatic heterocycles. The van der Waals surface area contributed by atoms with Crippen LogP contribution in [0, 0.1) is 0 Å². The van der Waals surface area contributed by atoms with Crippen LogP contribution in [0.4, 0.5) is 0 Å². The van der Waals surface area contributed by atoms with Crippen LogP contribution in [0.1, 0.15) is 36.5 Å². The second kappa shape index (κ2) is 5.21. The van der Waals surface area contributed by atoms with E-state index in [1.54, 1.807) is 7.11 Å². The van der Waals surface area contributed by atoms with E-state index in [4.69, 9.17) is 4.74 Å². The van der Waals surface area contributed by atoms with E-state index >= 15 is 0 Å². The maximum absolute atomic E-state index is 12.3. The molecule has 1 saturated heterocycles. The lowest BCUT2D eigenvalue weighted by Crippen LogP contribution is -2.35. The Balaban J connectivity index is 2.13. The minimum atomic E-state index is 0.150. The van der Waals surface area contributed by atoms with Crippen molar-refractivity contribution in [3.8, 4) is 5.75 Å². The van der Waals surface area contributed by atoms with E-state index in [1.807, 2.05) is 29.2 Å². The van der Waals surface area contributed by atoms with Gasteiger partial charge in [-0.25, -0.2) is 0 Å². The minimum Gasteiger partial charge on any atom is -0.497 e. The number of methoxy groups -OCH3 is 1. The zero-order chi connectivity index (χ0) is 12.3. The van der Waals surface area contributed by atoms with Gasteiger partial charge in [0, 0.05) is 18.2 Å². The quantitative estimate of drug-likeness (QED) is 0.803. The average molecular weight is 233 g/mol. The fourth-order valence-corrected chi connectivity index (χ4v) is 2.43. The summed E-state index contributed by atoms with van der Waals surface area (Å²) in [6.45, 7) is 3.04. The van der Waals surface area contributed by atoms with Crippen molar-refractivity contribution in [2.45, 2.75) is 32.2 Å². The molecule has 1 fully saturated rings. The number of rotatable bonds is 3. The lowest BCUT2D eigenvalue weighted by molar-refractivity contribution is 0.0733. The summed E-state index contributed by atoms with van der Waals surface area (Å²) in [4.78, 5) is 14.3. The summed E-state index contributed by atoms with van der Waals surface area (Å²) in [5.74, 6) is 0.937. The van der Waals surface area contributed by atoms with Gasteiger partial charge in [-0.15, -0.1) is 0 Å². The molecule has 0 radical (unpaired) electrons. The molecule has 1 aromatic rings. The highest BCUT2D eigenvalue weighted by Crippen LogP contribution is 2.23. The SMILES string of the molecule is CCC1CCCN1C(=O)c1ccc(OC)cc1. The molecule has 0 saturated carbocycles. The first-order valence-corrected chi connectivity index (χ1v) is 6.21. The van der Waals surface area contributed by atoms with Crippen molar-refractivity contribution in [2.75, 3.05) is 13.7 Å². The number of hydrogen-bond acceptors (Lipinski definition) is 2. The first-order chi connectivity index (χ1) is 8.26. The average Bonchev–Trinajstić information content (AvgIpc) is 2.86. The molecule has 92 valence electrons. The Morgan fingerprint density at radius 3 is 2.71 bits per heavy atom. The maximum Gasteiger partial charge on any atom is 0.254 e. The van der Waals surface area contributed by atoms with Gasteiger partial charge < -0.3 is 9.64 Å². The Morgan fingerprint density at radius 1 is 1.41 bits per heavy atom. The second-order valence-electron chi connectivity index (χ2n) is 4.43. The Bertz CT molecular complexity index is 386. The van der Waals surface area contributed by atoms with Gasteiger partial charge in [-0.3, -0.25) is 4.79 Å². The Morgan fingerprint density at radius 2 is 2.12 bits per heavy atom. The van der Waals surface area contributed by atoms with Crippen molar-refractivity contribution in [3.05, 3.63) is 29.8 Å². The zero-order valence-corrected chi connectivity index (χ0v) is 10.5. The fourth-order valence-electron chi connectivity index (χ4n) is 2.43.